The maximum atomic E-state index is 11.4. The van der Waals surface area contributed by atoms with Crippen molar-refractivity contribution in [3.63, 3.8) is 0 Å². The van der Waals surface area contributed by atoms with Crippen LogP contribution in [0.15, 0.2) is 59.8 Å². The number of hydrogen-bond acceptors (Lipinski definition) is 3. The smallest absolute Gasteiger partial charge is 0.265 e. The van der Waals surface area contributed by atoms with Gasteiger partial charge in [0.05, 0.1) is 0 Å². The Bertz CT molecular complexity index is 550. The molecule has 1 N–H and O–H groups in total. The number of carbonyl (C=O) groups is 1. The zero-order valence-electron chi connectivity index (χ0n) is 10.4. The highest BCUT2D eigenvalue weighted by atomic mass is 16.6. The zero-order chi connectivity index (χ0) is 13.5. The number of hydrogen-bond donors (Lipinski definition) is 1. The van der Waals surface area contributed by atoms with Crippen LogP contribution in [-0.2, 0) is 9.63 Å². The lowest BCUT2D eigenvalue weighted by Crippen LogP contribution is -2.16. The fourth-order valence-electron chi connectivity index (χ4n) is 1.68. The lowest BCUT2D eigenvalue weighted by atomic mass is 10.1. The Kier molecular flexibility index (Phi) is 4.29. The molecule has 2 aromatic rings. The molecule has 2 rings (SSSR count). The Morgan fingerprint density at radius 1 is 1.05 bits per heavy atom. The van der Waals surface area contributed by atoms with Gasteiger partial charge in [-0.05, 0) is 23.3 Å². The minimum Gasteiger partial charge on any atom is -0.386 e. The third-order valence-corrected chi connectivity index (χ3v) is 2.56. The van der Waals surface area contributed by atoms with Crippen molar-refractivity contribution in [2.75, 3.05) is 11.9 Å². The van der Waals surface area contributed by atoms with E-state index in [0.717, 1.165) is 16.8 Å². The minimum atomic E-state index is -0.264. The maximum absolute atomic E-state index is 11.4. The number of amides is 1. The molecular formula is C15H14N2O2. The highest BCUT2D eigenvalue weighted by Gasteiger charge is 2.03. The van der Waals surface area contributed by atoms with Gasteiger partial charge >= 0.3 is 0 Å². The van der Waals surface area contributed by atoms with Crippen LogP contribution in [-0.4, -0.2) is 19.2 Å². The lowest BCUT2D eigenvalue weighted by molar-refractivity contribution is -0.120. The van der Waals surface area contributed by atoms with Gasteiger partial charge in [-0.15, -0.1) is 5.16 Å². The first-order valence-corrected chi connectivity index (χ1v) is 5.83. The van der Waals surface area contributed by atoms with Crippen molar-refractivity contribution < 1.29 is 9.63 Å². The first-order chi connectivity index (χ1) is 9.29. The first-order valence-electron chi connectivity index (χ1n) is 5.83. The molecule has 1 amide bonds. The number of oxime groups is 1. The van der Waals surface area contributed by atoms with Crippen molar-refractivity contribution in [2.45, 2.75) is 0 Å². The summed E-state index contributed by atoms with van der Waals surface area (Å²) in [5.41, 5.74) is 2.96. The molecule has 0 saturated heterocycles. The van der Waals surface area contributed by atoms with Gasteiger partial charge in [-0.2, -0.15) is 0 Å². The Hall–Kier alpha value is -2.62. The molecular weight excluding hydrogens is 240 g/mol. The molecule has 0 aliphatic rings. The van der Waals surface area contributed by atoms with Gasteiger partial charge in [0.25, 0.3) is 5.91 Å². The molecule has 0 aliphatic heterocycles. The van der Waals surface area contributed by atoms with Crippen LogP contribution in [0.5, 0.6) is 0 Å². The van der Waals surface area contributed by atoms with Gasteiger partial charge in [0.15, 0.2) is 6.61 Å². The summed E-state index contributed by atoms with van der Waals surface area (Å²) in [5, 5.41) is 5.86. The van der Waals surface area contributed by atoms with E-state index in [2.05, 4.69) is 22.0 Å². The third kappa shape index (κ3) is 3.67. The van der Waals surface area contributed by atoms with Gasteiger partial charge in [-0.1, -0.05) is 42.5 Å². The number of benzene rings is 2. The molecule has 0 aromatic heterocycles. The molecule has 96 valence electrons. The Labute approximate surface area is 111 Å². The van der Waals surface area contributed by atoms with Gasteiger partial charge in [-0.25, -0.2) is 0 Å². The van der Waals surface area contributed by atoms with Crippen molar-refractivity contribution >= 4 is 18.3 Å². The van der Waals surface area contributed by atoms with Crippen LogP contribution in [0, 0.1) is 0 Å². The van der Waals surface area contributed by atoms with E-state index in [0.29, 0.717) is 0 Å². The van der Waals surface area contributed by atoms with E-state index in [1.54, 1.807) is 0 Å². The van der Waals surface area contributed by atoms with Crippen molar-refractivity contribution in [1.82, 2.24) is 0 Å². The Balaban J connectivity index is 2.03. The van der Waals surface area contributed by atoms with E-state index in [9.17, 15) is 4.79 Å². The molecule has 2 aromatic carbocycles. The highest BCUT2D eigenvalue weighted by Crippen LogP contribution is 2.20. The second-order valence-corrected chi connectivity index (χ2v) is 3.89. The van der Waals surface area contributed by atoms with E-state index in [4.69, 9.17) is 0 Å². The monoisotopic (exact) mass is 254 g/mol. The molecule has 0 atom stereocenters. The minimum absolute atomic E-state index is 0.135. The number of nitrogens with one attached hydrogen (secondary N) is 1. The van der Waals surface area contributed by atoms with Crippen LogP contribution in [0.25, 0.3) is 11.1 Å². The summed E-state index contributed by atoms with van der Waals surface area (Å²) < 4.78 is 0. The summed E-state index contributed by atoms with van der Waals surface area (Å²) in [4.78, 5) is 16.0. The summed E-state index contributed by atoms with van der Waals surface area (Å²) in [6, 6.07) is 17.6. The molecule has 0 aliphatic carbocycles. The van der Waals surface area contributed by atoms with Crippen molar-refractivity contribution in [3.05, 3.63) is 54.6 Å². The molecule has 0 unspecified atom stereocenters. The van der Waals surface area contributed by atoms with E-state index in [1.165, 1.54) is 0 Å². The lowest BCUT2D eigenvalue weighted by Gasteiger charge is -2.06. The number of nitrogens with zero attached hydrogens (tertiary/aromatic N) is 1. The summed E-state index contributed by atoms with van der Waals surface area (Å²) in [7, 11) is 0. The second-order valence-electron chi connectivity index (χ2n) is 3.89. The van der Waals surface area contributed by atoms with Crippen LogP contribution in [0.2, 0.25) is 0 Å². The van der Waals surface area contributed by atoms with E-state index in [-0.39, 0.29) is 12.5 Å². The predicted molar refractivity (Wildman–Crippen MR) is 76.0 cm³/mol. The van der Waals surface area contributed by atoms with Crippen molar-refractivity contribution in [1.29, 1.82) is 0 Å². The normalized spacial score (nSPS) is 9.68. The number of carbonyl (C=O) groups excluding carboxylic acids is 1. The molecule has 4 nitrogen and oxygen atoms in total. The average molecular weight is 254 g/mol. The van der Waals surface area contributed by atoms with E-state index in [1.807, 2.05) is 54.6 Å². The Morgan fingerprint density at radius 2 is 1.68 bits per heavy atom. The van der Waals surface area contributed by atoms with Crippen LogP contribution in [0.1, 0.15) is 0 Å². The second kappa shape index (κ2) is 6.35. The van der Waals surface area contributed by atoms with Gasteiger partial charge in [-0.3, -0.25) is 4.79 Å². The summed E-state index contributed by atoms with van der Waals surface area (Å²) in [6.07, 6.45) is 0. The molecule has 0 radical (unpaired) electrons. The number of rotatable bonds is 5. The largest absolute Gasteiger partial charge is 0.386 e. The number of anilines is 1. The summed E-state index contributed by atoms with van der Waals surface area (Å²) in [6.45, 7) is 3.00. The topological polar surface area (TPSA) is 50.7 Å². The average Bonchev–Trinajstić information content (AvgIpc) is 2.47. The maximum Gasteiger partial charge on any atom is 0.265 e. The van der Waals surface area contributed by atoms with E-state index >= 15 is 0 Å². The molecule has 19 heavy (non-hydrogen) atoms. The predicted octanol–water partition coefficient (Wildman–Crippen LogP) is 2.92. The first kappa shape index (κ1) is 12.8. The highest BCUT2D eigenvalue weighted by molar-refractivity contribution is 5.91. The molecule has 0 heterocycles. The van der Waals surface area contributed by atoms with Crippen LogP contribution >= 0.6 is 0 Å². The van der Waals surface area contributed by atoms with Gasteiger partial charge in [0, 0.05) is 12.4 Å². The Morgan fingerprint density at radius 3 is 2.32 bits per heavy atom. The van der Waals surface area contributed by atoms with Gasteiger partial charge in [0.2, 0.25) is 0 Å². The summed E-state index contributed by atoms with van der Waals surface area (Å²) in [5.74, 6) is -0.264. The fourth-order valence-corrected chi connectivity index (χ4v) is 1.68. The zero-order valence-corrected chi connectivity index (χ0v) is 10.4. The SMILES string of the molecule is C=NOCC(=O)Nc1ccc(-c2ccccc2)cc1. The third-order valence-electron chi connectivity index (χ3n) is 2.56. The summed E-state index contributed by atoms with van der Waals surface area (Å²) >= 11 is 0. The van der Waals surface area contributed by atoms with E-state index < -0.39 is 0 Å². The van der Waals surface area contributed by atoms with Gasteiger partial charge < -0.3 is 10.2 Å². The molecule has 0 fully saturated rings. The molecule has 0 saturated carbocycles. The van der Waals surface area contributed by atoms with Crippen molar-refractivity contribution in [2.24, 2.45) is 5.16 Å². The van der Waals surface area contributed by atoms with Crippen LogP contribution in [0.3, 0.4) is 0 Å². The quantitative estimate of drug-likeness (QED) is 0.658. The van der Waals surface area contributed by atoms with Crippen LogP contribution < -0.4 is 5.32 Å². The molecule has 4 heteroatoms. The van der Waals surface area contributed by atoms with Crippen LogP contribution in [0.4, 0.5) is 5.69 Å². The van der Waals surface area contributed by atoms with Gasteiger partial charge in [0.1, 0.15) is 0 Å². The molecule has 0 bridgehead atoms. The standard InChI is InChI=1S/C15H14N2O2/c1-16-19-11-15(18)17-14-9-7-13(8-10-14)12-5-3-2-4-6-12/h2-10H,1,11H2,(H,17,18). The van der Waals surface area contributed by atoms with Crippen molar-refractivity contribution in [3.8, 4) is 11.1 Å². The fraction of sp³-hybridized carbons (Fsp3) is 0.0667. The molecule has 0 spiro atoms.